The Hall–Kier alpha value is -1.89. The van der Waals surface area contributed by atoms with Crippen LogP contribution in [0.25, 0.3) is 0 Å². The third kappa shape index (κ3) is 3.08. The molecule has 0 aromatic rings. The number of nitrogens with one attached hydrogen (secondary N) is 2. The molecule has 4 fully saturated rings. The Morgan fingerprint density at radius 1 is 1.10 bits per heavy atom. The van der Waals surface area contributed by atoms with E-state index in [9.17, 15) is 14.4 Å². The van der Waals surface area contributed by atoms with Crippen LogP contribution >= 0.6 is 0 Å². The minimum Gasteiger partial charge on any atom is -0.359 e. The van der Waals surface area contributed by atoms with E-state index in [2.05, 4.69) is 10.6 Å². The molecule has 7 nitrogen and oxygen atoms in total. The van der Waals surface area contributed by atoms with Gasteiger partial charge in [-0.2, -0.15) is 0 Å². The summed E-state index contributed by atoms with van der Waals surface area (Å²) in [6.07, 6.45) is 10.6. The highest BCUT2D eigenvalue weighted by Gasteiger charge is 2.74. The zero-order chi connectivity index (χ0) is 21.3. The van der Waals surface area contributed by atoms with Crippen LogP contribution in [0.5, 0.6) is 0 Å². The largest absolute Gasteiger partial charge is 0.359 e. The molecule has 5 atom stereocenters. The van der Waals surface area contributed by atoms with E-state index in [1.807, 2.05) is 32.9 Å². The highest BCUT2D eigenvalue weighted by molar-refractivity contribution is 6.00. The molecule has 5 aliphatic rings. The first-order valence-corrected chi connectivity index (χ1v) is 11.5. The first-order chi connectivity index (χ1) is 14.2. The van der Waals surface area contributed by atoms with Crippen LogP contribution < -0.4 is 10.6 Å². The molecular weight excluding hydrogens is 382 g/mol. The summed E-state index contributed by atoms with van der Waals surface area (Å²) in [7, 11) is 0. The van der Waals surface area contributed by atoms with Crippen molar-refractivity contribution in [3.05, 3.63) is 12.2 Å². The summed E-state index contributed by atoms with van der Waals surface area (Å²) in [5, 5.41) is 6.24. The number of likely N-dealkylation sites (tertiary alicyclic amines) is 1. The molecule has 0 radical (unpaired) electrons. The summed E-state index contributed by atoms with van der Waals surface area (Å²) in [5.74, 6) is -1.55. The van der Waals surface area contributed by atoms with Gasteiger partial charge in [0.05, 0.1) is 17.9 Å². The maximum atomic E-state index is 13.6. The van der Waals surface area contributed by atoms with Gasteiger partial charge < -0.3 is 20.3 Å². The number of amides is 3. The molecule has 5 rings (SSSR count). The first kappa shape index (κ1) is 20.0. The van der Waals surface area contributed by atoms with Gasteiger partial charge in [0.1, 0.15) is 11.6 Å². The Labute approximate surface area is 178 Å². The van der Waals surface area contributed by atoms with E-state index < -0.39 is 35.1 Å². The average molecular weight is 416 g/mol. The smallest absolute Gasteiger partial charge is 0.246 e. The molecule has 30 heavy (non-hydrogen) atoms. The summed E-state index contributed by atoms with van der Waals surface area (Å²) >= 11 is 0. The zero-order valence-electron chi connectivity index (χ0n) is 18.1. The van der Waals surface area contributed by atoms with E-state index in [1.165, 1.54) is 6.42 Å². The maximum Gasteiger partial charge on any atom is 0.246 e. The van der Waals surface area contributed by atoms with Gasteiger partial charge in [0.15, 0.2) is 0 Å². The molecule has 2 N–H and O–H groups in total. The molecule has 7 heteroatoms. The lowest BCUT2D eigenvalue weighted by molar-refractivity contribution is -0.143. The molecule has 2 saturated carbocycles. The number of rotatable bonds is 4. The number of ether oxygens (including phenoxy) is 1. The first-order valence-electron chi connectivity index (χ1n) is 11.5. The monoisotopic (exact) mass is 415 g/mol. The second kappa shape index (κ2) is 6.81. The van der Waals surface area contributed by atoms with E-state index in [0.29, 0.717) is 0 Å². The van der Waals surface area contributed by atoms with Gasteiger partial charge in [-0.3, -0.25) is 14.4 Å². The fourth-order valence-electron chi connectivity index (χ4n) is 5.93. The second-order valence-electron chi connectivity index (χ2n) is 10.8. The van der Waals surface area contributed by atoms with Crippen molar-refractivity contribution in [3.8, 4) is 0 Å². The van der Waals surface area contributed by atoms with Crippen LogP contribution in [0.2, 0.25) is 0 Å². The Morgan fingerprint density at radius 3 is 2.43 bits per heavy atom. The van der Waals surface area contributed by atoms with Crippen LogP contribution in [-0.4, -0.2) is 58.0 Å². The van der Waals surface area contributed by atoms with Gasteiger partial charge in [-0.15, -0.1) is 0 Å². The summed E-state index contributed by atoms with van der Waals surface area (Å²) in [5.41, 5.74) is -1.45. The van der Waals surface area contributed by atoms with Crippen molar-refractivity contribution in [2.75, 3.05) is 0 Å². The lowest BCUT2D eigenvalue weighted by Gasteiger charge is -2.34. The second-order valence-corrected chi connectivity index (χ2v) is 10.8. The lowest BCUT2D eigenvalue weighted by Crippen LogP contribution is -2.58. The molecule has 1 spiro atoms. The van der Waals surface area contributed by atoms with Crippen molar-refractivity contribution >= 4 is 17.7 Å². The van der Waals surface area contributed by atoms with Crippen LogP contribution in [0.15, 0.2) is 12.2 Å². The summed E-state index contributed by atoms with van der Waals surface area (Å²) in [4.78, 5) is 42.0. The Morgan fingerprint density at radius 2 is 1.80 bits per heavy atom. The van der Waals surface area contributed by atoms with Crippen LogP contribution in [0.3, 0.4) is 0 Å². The predicted octanol–water partition coefficient (Wildman–Crippen LogP) is 1.66. The van der Waals surface area contributed by atoms with Crippen molar-refractivity contribution in [2.24, 2.45) is 11.8 Å². The number of hydrogen-bond acceptors (Lipinski definition) is 4. The van der Waals surface area contributed by atoms with E-state index in [4.69, 9.17) is 4.74 Å². The molecule has 0 aromatic carbocycles. The van der Waals surface area contributed by atoms with Gasteiger partial charge in [0, 0.05) is 17.6 Å². The Balaban J connectivity index is 1.44. The lowest BCUT2D eigenvalue weighted by atomic mass is 9.74. The van der Waals surface area contributed by atoms with Gasteiger partial charge >= 0.3 is 0 Å². The number of fused-ring (bicyclic) bond motifs is 1. The van der Waals surface area contributed by atoms with E-state index in [1.54, 1.807) is 4.90 Å². The predicted molar refractivity (Wildman–Crippen MR) is 110 cm³/mol. The molecule has 3 amide bonds. The van der Waals surface area contributed by atoms with Gasteiger partial charge in [0.2, 0.25) is 17.7 Å². The van der Waals surface area contributed by atoms with E-state index >= 15 is 0 Å². The minimum atomic E-state index is -1.03. The number of carbonyl (C=O) groups is 3. The zero-order valence-corrected chi connectivity index (χ0v) is 18.1. The van der Waals surface area contributed by atoms with Crippen molar-refractivity contribution in [1.82, 2.24) is 15.5 Å². The molecule has 0 aromatic heterocycles. The number of carbonyl (C=O) groups excluding carboxylic acids is 3. The SMILES string of the molecule is CC(C)(C)NC(=O)[C@H]1N(C2CC2)C(=O)[C@H]2[C@@H](C(=O)NC3CCCCC3)[C@@H]3C=C[C@]21O3. The normalized spacial score (nSPS) is 38.1. The molecule has 2 saturated heterocycles. The third-order valence-corrected chi connectivity index (χ3v) is 7.25. The Kier molecular flexibility index (Phi) is 4.55. The minimum absolute atomic E-state index is 0.0753. The maximum absolute atomic E-state index is 13.6. The molecule has 164 valence electrons. The Bertz CT molecular complexity index is 793. The highest BCUT2D eigenvalue weighted by Crippen LogP contribution is 2.57. The molecular formula is C23H33N3O4. The third-order valence-electron chi connectivity index (χ3n) is 7.25. The van der Waals surface area contributed by atoms with Crippen molar-refractivity contribution in [1.29, 1.82) is 0 Å². The molecule has 2 aliphatic carbocycles. The molecule has 2 bridgehead atoms. The number of hydrogen-bond donors (Lipinski definition) is 2. The standard InChI is InChI=1S/C23H33N3O4/c1-22(2,3)25-20(28)18-23-12-11-15(30-23)16(17(23)21(29)26(18)14-9-10-14)19(27)24-13-7-5-4-6-8-13/h11-18H,4-10H2,1-3H3,(H,24,27)(H,25,28)/t15-,16-,17+,18+,23-/m0/s1. The van der Waals surface area contributed by atoms with E-state index in [0.717, 1.165) is 38.5 Å². The molecule has 3 aliphatic heterocycles. The highest BCUT2D eigenvalue weighted by atomic mass is 16.5. The van der Waals surface area contributed by atoms with Crippen LogP contribution in [0, 0.1) is 11.8 Å². The van der Waals surface area contributed by atoms with Crippen LogP contribution in [-0.2, 0) is 19.1 Å². The summed E-state index contributed by atoms with van der Waals surface area (Å²) in [6.45, 7) is 5.80. The average Bonchev–Trinajstić information content (AvgIpc) is 3.26. The van der Waals surface area contributed by atoms with Crippen LogP contribution in [0.4, 0.5) is 0 Å². The van der Waals surface area contributed by atoms with Crippen molar-refractivity contribution < 1.29 is 19.1 Å². The fourth-order valence-corrected chi connectivity index (χ4v) is 5.93. The topological polar surface area (TPSA) is 87.7 Å². The van der Waals surface area contributed by atoms with Crippen LogP contribution in [0.1, 0.15) is 65.7 Å². The molecule has 3 heterocycles. The summed E-state index contributed by atoms with van der Waals surface area (Å²) in [6, 6.07) is -0.455. The fraction of sp³-hybridized carbons (Fsp3) is 0.783. The van der Waals surface area contributed by atoms with Gasteiger partial charge in [-0.05, 0) is 46.5 Å². The van der Waals surface area contributed by atoms with Gasteiger partial charge in [-0.1, -0.05) is 31.4 Å². The van der Waals surface area contributed by atoms with E-state index in [-0.39, 0.29) is 29.8 Å². The van der Waals surface area contributed by atoms with Crippen molar-refractivity contribution in [3.63, 3.8) is 0 Å². The summed E-state index contributed by atoms with van der Waals surface area (Å²) < 4.78 is 6.34. The van der Waals surface area contributed by atoms with Gasteiger partial charge in [-0.25, -0.2) is 0 Å². The quantitative estimate of drug-likeness (QED) is 0.684. The van der Waals surface area contributed by atoms with Gasteiger partial charge in [0.25, 0.3) is 0 Å². The molecule has 0 unspecified atom stereocenters. The number of nitrogens with zero attached hydrogens (tertiary/aromatic N) is 1. The van der Waals surface area contributed by atoms with Crippen molar-refractivity contribution in [2.45, 2.75) is 101 Å².